The zero-order valence-corrected chi connectivity index (χ0v) is 10.3. The van der Waals surface area contributed by atoms with E-state index >= 15 is 0 Å². The number of aryl methyl sites for hydroxylation is 2. The van der Waals surface area contributed by atoms with E-state index < -0.39 is 0 Å². The van der Waals surface area contributed by atoms with Gasteiger partial charge in [-0.1, -0.05) is 6.92 Å². The minimum Gasteiger partial charge on any atom is -0.268 e. The van der Waals surface area contributed by atoms with E-state index in [0.717, 1.165) is 22.8 Å². The number of hydrogen-bond acceptors (Lipinski definition) is 3. The molecule has 2 aromatic heterocycles. The van der Waals surface area contributed by atoms with Crippen molar-refractivity contribution in [3.8, 4) is 0 Å². The summed E-state index contributed by atoms with van der Waals surface area (Å²) < 4.78 is 2.22. The van der Waals surface area contributed by atoms with Crippen molar-refractivity contribution < 1.29 is 0 Å². The van der Waals surface area contributed by atoms with E-state index in [-0.39, 0.29) is 5.56 Å². The molecule has 5 heteroatoms. The molecule has 0 unspecified atom stereocenters. The number of halogens is 1. The van der Waals surface area contributed by atoms with Crippen molar-refractivity contribution in [3.63, 3.8) is 0 Å². The summed E-state index contributed by atoms with van der Waals surface area (Å²) in [6.45, 7) is 3.90. The molecule has 0 aromatic carbocycles. The Morgan fingerprint density at radius 1 is 1.64 bits per heavy atom. The van der Waals surface area contributed by atoms with E-state index in [2.05, 4.69) is 20.9 Å². The Morgan fingerprint density at radius 3 is 3.00 bits per heavy atom. The summed E-state index contributed by atoms with van der Waals surface area (Å²) in [5.41, 5.74) is 1.76. The SMILES string of the molecule is CCc1nc2scc(C)n2c(=O)c1Br. The summed E-state index contributed by atoms with van der Waals surface area (Å²) in [7, 11) is 0. The molecule has 2 heterocycles. The molecule has 0 atom stereocenters. The fraction of sp³-hybridized carbons (Fsp3) is 0.333. The molecule has 0 radical (unpaired) electrons. The number of rotatable bonds is 1. The average molecular weight is 273 g/mol. The van der Waals surface area contributed by atoms with Gasteiger partial charge in [0, 0.05) is 11.1 Å². The summed E-state index contributed by atoms with van der Waals surface area (Å²) in [6.07, 6.45) is 0.767. The van der Waals surface area contributed by atoms with E-state index in [1.54, 1.807) is 4.40 Å². The predicted molar refractivity (Wildman–Crippen MR) is 61.2 cm³/mol. The standard InChI is InChI=1S/C9H9BrN2OS/c1-3-6-7(10)8(13)12-5(2)4-14-9(12)11-6/h4H,3H2,1-2H3. The highest BCUT2D eigenvalue weighted by Gasteiger charge is 2.10. The monoisotopic (exact) mass is 272 g/mol. The minimum absolute atomic E-state index is 0.00870. The first-order valence-electron chi connectivity index (χ1n) is 4.30. The van der Waals surface area contributed by atoms with Crippen molar-refractivity contribution in [1.29, 1.82) is 0 Å². The first-order valence-corrected chi connectivity index (χ1v) is 5.97. The summed E-state index contributed by atoms with van der Waals surface area (Å²) in [4.78, 5) is 17.1. The van der Waals surface area contributed by atoms with E-state index in [0.29, 0.717) is 4.47 Å². The summed E-state index contributed by atoms with van der Waals surface area (Å²) >= 11 is 4.79. The third-order valence-corrected chi connectivity index (χ3v) is 3.83. The zero-order valence-electron chi connectivity index (χ0n) is 7.87. The molecule has 0 saturated heterocycles. The van der Waals surface area contributed by atoms with Crippen molar-refractivity contribution >= 4 is 32.2 Å². The molecule has 74 valence electrons. The maximum Gasteiger partial charge on any atom is 0.273 e. The average Bonchev–Trinajstić information content (AvgIpc) is 2.54. The number of thiazole rings is 1. The zero-order chi connectivity index (χ0) is 10.3. The second-order valence-electron chi connectivity index (χ2n) is 3.03. The Balaban J connectivity index is 2.95. The fourth-order valence-corrected chi connectivity index (χ4v) is 2.76. The maximum atomic E-state index is 11.9. The summed E-state index contributed by atoms with van der Waals surface area (Å²) in [5, 5.41) is 1.94. The molecule has 0 aliphatic heterocycles. The number of aromatic nitrogens is 2. The predicted octanol–water partition coefficient (Wildman–Crippen LogP) is 2.39. The van der Waals surface area contributed by atoms with Crippen LogP contribution in [0.25, 0.3) is 4.96 Å². The highest BCUT2D eigenvalue weighted by Crippen LogP contribution is 2.16. The van der Waals surface area contributed by atoms with Gasteiger partial charge in [0.25, 0.3) is 5.56 Å². The molecule has 0 aliphatic rings. The van der Waals surface area contributed by atoms with Crippen LogP contribution in [-0.4, -0.2) is 9.38 Å². The van der Waals surface area contributed by atoms with Gasteiger partial charge in [0.15, 0.2) is 4.96 Å². The summed E-state index contributed by atoms with van der Waals surface area (Å²) in [5.74, 6) is 0. The van der Waals surface area contributed by atoms with E-state index in [1.807, 2.05) is 19.2 Å². The van der Waals surface area contributed by atoms with Gasteiger partial charge in [-0.2, -0.15) is 0 Å². The van der Waals surface area contributed by atoms with Crippen LogP contribution >= 0.6 is 27.3 Å². The van der Waals surface area contributed by atoms with Crippen LogP contribution in [0.5, 0.6) is 0 Å². The van der Waals surface area contributed by atoms with Crippen LogP contribution in [0.2, 0.25) is 0 Å². The van der Waals surface area contributed by atoms with Crippen LogP contribution in [0.3, 0.4) is 0 Å². The number of hydrogen-bond donors (Lipinski definition) is 0. The van der Waals surface area contributed by atoms with Crippen molar-refractivity contribution in [2.24, 2.45) is 0 Å². The highest BCUT2D eigenvalue weighted by molar-refractivity contribution is 9.10. The Morgan fingerprint density at radius 2 is 2.36 bits per heavy atom. The van der Waals surface area contributed by atoms with Gasteiger partial charge in [0.1, 0.15) is 4.47 Å². The van der Waals surface area contributed by atoms with Crippen LogP contribution in [0.15, 0.2) is 14.6 Å². The largest absolute Gasteiger partial charge is 0.273 e. The lowest BCUT2D eigenvalue weighted by atomic mass is 10.3. The fourth-order valence-electron chi connectivity index (χ4n) is 1.34. The third-order valence-electron chi connectivity index (χ3n) is 2.09. The molecule has 3 nitrogen and oxygen atoms in total. The molecule has 14 heavy (non-hydrogen) atoms. The van der Waals surface area contributed by atoms with Gasteiger partial charge in [-0.25, -0.2) is 4.98 Å². The van der Waals surface area contributed by atoms with Crippen LogP contribution in [-0.2, 0) is 6.42 Å². The van der Waals surface area contributed by atoms with Crippen molar-refractivity contribution in [2.75, 3.05) is 0 Å². The molecule has 0 N–H and O–H groups in total. The van der Waals surface area contributed by atoms with E-state index in [1.165, 1.54) is 11.3 Å². The van der Waals surface area contributed by atoms with Crippen LogP contribution in [0.1, 0.15) is 18.3 Å². The van der Waals surface area contributed by atoms with Gasteiger partial charge in [-0.15, -0.1) is 11.3 Å². The maximum absolute atomic E-state index is 11.9. The first-order chi connectivity index (χ1) is 6.65. The van der Waals surface area contributed by atoms with Crippen molar-refractivity contribution in [2.45, 2.75) is 20.3 Å². The quantitative estimate of drug-likeness (QED) is 0.799. The molecule has 0 spiro atoms. The van der Waals surface area contributed by atoms with E-state index in [4.69, 9.17) is 0 Å². The number of fused-ring (bicyclic) bond motifs is 1. The van der Waals surface area contributed by atoms with Gasteiger partial charge < -0.3 is 0 Å². The van der Waals surface area contributed by atoms with Gasteiger partial charge in [0.2, 0.25) is 0 Å². The smallest absolute Gasteiger partial charge is 0.268 e. The lowest BCUT2D eigenvalue weighted by Crippen LogP contribution is -2.17. The third kappa shape index (κ3) is 1.31. The number of nitrogens with zero attached hydrogens (tertiary/aromatic N) is 2. The minimum atomic E-state index is -0.00870. The van der Waals surface area contributed by atoms with Gasteiger partial charge in [0.05, 0.1) is 5.69 Å². The Labute approximate surface area is 93.5 Å². The molecule has 0 saturated carbocycles. The molecule has 0 fully saturated rings. The van der Waals surface area contributed by atoms with Crippen LogP contribution in [0.4, 0.5) is 0 Å². The van der Waals surface area contributed by atoms with Crippen molar-refractivity contribution in [1.82, 2.24) is 9.38 Å². The van der Waals surface area contributed by atoms with Crippen molar-refractivity contribution in [3.05, 3.63) is 31.6 Å². The van der Waals surface area contributed by atoms with Gasteiger partial charge in [-0.3, -0.25) is 9.20 Å². The second-order valence-corrected chi connectivity index (χ2v) is 4.66. The normalized spacial score (nSPS) is 11.1. The Bertz CT molecular complexity index is 543. The molecule has 2 rings (SSSR count). The molecule has 0 aliphatic carbocycles. The lowest BCUT2D eigenvalue weighted by molar-refractivity contribution is 0.944. The molecule has 0 amide bonds. The Kier molecular flexibility index (Phi) is 2.45. The topological polar surface area (TPSA) is 34.4 Å². The van der Waals surface area contributed by atoms with Crippen LogP contribution in [0, 0.1) is 6.92 Å². The molecular weight excluding hydrogens is 264 g/mol. The molecule has 2 aromatic rings. The Hall–Kier alpha value is -0.680. The van der Waals surface area contributed by atoms with Gasteiger partial charge >= 0.3 is 0 Å². The van der Waals surface area contributed by atoms with E-state index in [9.17, 15) is 4.79 Å². The first kappa shape index (κ1) is 9.86. The lowest BCUT2D eigenvalue weighted by Gasteiger charge is -2.01. The molecule has 0 bridgehead atoms. The second kappa shape index (κ2) is 3.47. The van der Waals surface area contributed by atoms with Crippen LogP contribution < -0.4 is 5.56 Å². The van der Waals surface area contributed by atoms with Gasteiger partial charge in [-0.05, 0) is 29.3 Å². The molecular formula is C9H9BrN2OS. The highest BCUT2D eigenvalue weighted by atomic mass is 79.9. The summed E-state index contributed by atoms with van der Waals surface area (Å²) in [6, 6.07) is 0.